The SMILES string of the molecule is CC(=O)Oc1ccccc1C(=O)O.C[N+](C)(C)NCCC(=O)[O-]. The lowest BCUT2D eigenvalue weighted by Gasteiger charge is -2.23. The number of aliphatic carboxylic acids is 1. The number of aromatic carboxylic acids is 1. The molecule has 1 rings (SSSR count). The molecule has 0 aliphatic rings. The normalized spacial score (nSPS) is 10.3. The fourth-order valence-corrected chi connectivity index (χ4v) is 1.38. The van der Waals surface area contributed by atoms with Crippen LogP contribution in [0.25, 0.3) is 0 Å². The van der Waals surface area contributed by atoms with Crippen molar-refractivity contribution in [2.24, 2.45) is 0 Å². The van der Waals surface area contributed by atoms with Crippen LogP contribution in [0.4, 0.5) is 0 Å². The minimum atomic E-state index is -1.11. The molecule has 2 N–H and O–H groups in total. The summed E-state index contributed by atoms with van der Waals surface area (Å²) in [7, 11) is 5.78. The maximum Gasteiger partial charge on any atom is 0.339 e. The van der Waals surface area contributed by atoms with Gasteiger partial charge >= 0.3 is 11.9 Å². The average molecular weight is 326 g/mol. The van der Waals surface area contributed by atoms with Gasteiger partial charge in [-0.1, -0.05) is 12.1 Å². The Morgan fingerprint density at radius 1 is 1.22 bits per heavy atom. The zero-order valence-corrected chi connectivity index (χ0v) is 13.7. The van der Waals surface area contributed by atoms with Crippen LogP contribution in [0.2, 0.25) is 0 Å². The van der Waals surface area contributed by atoms with Gasteiger partial charge in [-0.2, -0.15) is 5.43 Å². The van der Waals surface area contributed by atoms with Gasteiger partial charge in [0.05, 0.1) is 21.1 Å². The second-order valence-electron chi connectivity index (χ2n) is 5.44. The highest BCUT2D eigenvalue weighted by Gasteiger charge is 2.11. The molecular weight excluding hydrogens is 304 g/mol. The third kappa shape index (κ3) is 10.9. The Morgan fingerprint density at radius 2 is 1.78 bits per heavy atom. The minimum Gasteiger partial charge on any atom is -0.550 e. The summed E-state index contributed by atoms with van der Waals surface area (Å²) in [6.07, 6.45) is 0.0650. The third-order valence-corrected chi connectivity index (χ3v) is 2.29. The first-order valence-electron chi connectivity index (χ1n) is 6.80. The number of benzene rings is 1. The van der Waals surface area contributed by atoms with Gasteiger partial charge in [0.2, 0.25) is 0 Å². The first-order chi connectivity index (χ1) is 10.5. The Hall–Kier alpha value is -2.45. The highest BCUT2D eigenvalue weighted by Crippen LogP contribution is 2.17. The number of hydrogen-bond donors (Lipinski definition) is 2. The van der Waals surface area contributed by atoms with E-state index in [0.29, 0.717) is 11.1 Å². The Kier molecular flexibility index (Phi) is 8.53. The number of para-hydroxylation sites is 1. The smallest absolute Gasteiger partial charge is 0.339 e. The van der Waals surface area contributed by atoms with E-state index in [0.717, 1.165) is 0 Å². The fourth-order valence-electron chi connectivity index (χ4n) is 1.38. The van der Waals surface area contributed by atoms with Gasteiger partial charge < -0.3 is 19.7 Å². The van der Waals surface area contributed by atoms with E-state index in [1.54, 1.807) is 12.1 Å². The van der Waals surface area contributed by atoms with Crippen molar-refractivity contribution in [2.45, 2.75) is 13.3 Å². The molecule has 0 aliphatic heterocycles. The molecule has 0 saturated carbocycles. The van der Waals surface area contributed by atoms with Crippen molar-refractivity contribution >= 4 is 17.9 Å². The number of carbonyl (C=O) groups is 3. The van der Waals surface area contributed by atoms with Crippen LogP contribution in [0.3, 0.4) is 0 Å². The highest BCUT2D eigenvalue weighted by molar-refractivity contribution is 5.91. The van der Waals surface area contributed by atoms with Crippen molar-refractivity contribution in [3.05, 3.63) is 29.8 Å². The molecule has 0 saturated heterocycles. The van der Waals surface area contributed by atoms with Crippen LogP contribution in [0, 0.1) is 0 Å². The number of carboxylic acids is 2. The summed E-state index contributed by atoms with van der Waals surface area (Å²) in [4.78, 5) is 31.1. The number of rotatable bonds is 6. The lowest BCUT2D eigenvalue weighted by atomic mass is 10.2. The summed E-state index contributed by atoms with van der Waals surface area (Å²) < 4.78 is 5.25. The van der Waals surface area contributed by atoms with Gasteiger partial charge in [-0.05, 0) is 12.1 Å². The van der Waals surface area contributed by atoms with E-state index in [9.17, 15) is 19.5 Å². The first-order valence-corrected chi connectivity index (χ1v) is 6.80. The molecule has 0 aromatic heterocycles. The Bertz CT molecular complexity index is 551. The van der Waals surface area contributed by atoms with Crippen LogP contribution in [0.1, 0.15) is 23.7 Å². The molecule has 0 fully saturated rings. The molecule has 0 aliphatic carbocycles. The van der Waals surface area contributed by atoms with Crippen molar-refractivity contribution in [2.75, 3.05) is 27.7 Å². The Balaban J connectivity index is 0.000000438. The van der Waals surface area contributed by atoms with Gasteiger partial charge in [0.25, 0.3) is 0 Å². The van der Waals surface area contributed by atoms with Crippen molar-refractivity contribution in [1.82, 2.24) is 5.43 Å². The van der Waals surface area contributed by atoms with Crippen LogP contribution in [-0.4, -0.2) is 55.3 Å². The second-order valence-corrected chi connectivity index (χ2v) is 5.44. The molecule has 8 heteroatoms. The number of carboxylic acid groups (broad SMARTS) is 2. The molecular formula is C15H22N2O6. The van der Waals surface area contributed by atoms with Crippen LogP contribution in [0.15, 0.2) is 24.3 Å². The average Bonchev–Trinajstić information content (AvgIpc) is 2.37. The van der Waals surface area contributed by atoms with Gasteiger partial charge in [-0.3, -0.25) is 9.39 Å². The molecule has 0 spiro atoms. The zero-order valence-electron chi connectivity index (χ0n) is 13.7. The maximum atomic E-state index is 10.6. The van der Waals surface area contributed by atoms with E-state index in [1.165, 1.54) is 19.1 Å². The van der Waals surface area contributed by atoms with Gasteiger partial charge in [0.15, 0.2) is 0 Å². The highest BCUT2D eigenvalue weighted by atomic mass is 16.5. The Labute approximate surface area is 134 Å². The van der Waals surface area contributed by atoms with E-state index in [1.807, 2.05) is 21.1 Å². The lowest BCUT2D eigenvalue weighted by molar-refractivity contribution is -0.915. The molecule has 0 amide bonds. The first kappa shape index (κ1) is 20.6. The maximum absolute atomic E-state index is 10.6. The Morgan fingerprint density at radius 3 is 2.22 bits per heavy atom. The van der Waals surface area contributed by atoms with Crippen molar-refractivity contribution in [3.8, 4) is 5.75 Å². The molecule has 0 unspecified atom stereocenters. The van der Waals surface area contributed by atoms with E-state index in [4.69, 9.17) is 5.11 Å². The number of esters is 1. The number of quaternary nitrogens is 1. The molecule has 0 heterocycles. The van der Waals surface area contributed by atoms with E-state index in [-0.39, 0.29) is 17.7 Å². The van der Waals surface area contributed by atoms with Gasteiger partial charge in [-0.25, -0.2) is 4.79 Å². The number of nitrogens with one attached hydrogen (secondary N) is 1. The molecule has 0 bridgehead atoms. The van der Waals surface area contributed by atoms with E-state index < -0.39 is 17.9 Å². The third-order valence-electron chi connectivity index (χ3n) is 2.29. The molecule has 1 aromatic carbocycles. The topological polar surface area (TPSA) is 116 Å². The summed E-state index contributed by atoms with van der Waals surface area (Å²) >= 11 is 0. The molecule has 8 nitrogen and oxygen atoms in total. The van der Waals surface area contributed by atoms with Crippen LogP contribution in [-0.2, 0) is 9.59 Å². The van der Waals surface area contributed by atoms with Crippen LogP contribution in [0.5, 0.6) is 5.75 Å². The van der Waals surface area contributed by atoms with E-state index >= 15 is 0 Å². The lowest BCUT2D eigenvalue weighted by Crippen LogP contribution is -2.49. The predicted molar refractivity (Wildman–Crippen MR) is 80.4 cm³/mol. The zero-order chi connectivity index (χ0) is 18.0. The number of nitrogens with zero attached hydrogens (tertiary/aromatic N) is 1. The molecule has 128 valence electrons. The van der Waals surface area contributed by atoms with Gasteiger partial charge in [0.1, 0.15) is 11.3 Å². The molecule has 23 heavy (non-hydrogen) atoms. The van der Waals surface area contributed by atoms with Crippen LogP contribution >= 0.6 is 0 Å². The summed E-state index contributed by atoms with van der Waals surface area (Å²) in [6, 6.07) is 5.98. The fraction of sp³-hybridized carbons (Fsp3) is 0.400. The van der Waals surface area contributed by atoms with Crippen molar-refractivity contribution < 1.29 is 33.9 Å². The van der Waals surface area contributed by atoms with Gasteiger partial charge in [-0.15, -0.1) is 0 Å². The number of carbonyl (C=O) groups excluding carboxylic acids is 2. The summed E-state index contributed by atoms with van der Waals surface area (Å²) in [5.41, 5.74) is 2.95. The summed E-state index contributed by atoms with van der Waals surface area (Å²) in [6.45, 7) is 1.67. The number of ether oxygens (including phenoxy) is 1. The molecule has 0 radical (unpaired) electrons. The van der Waals surface area contributed by atoms with Crippen molar-refractivity contribution in [3.63, 3.8) is 0 Å². The number of hydrogen-bond acceptors (Lipinski definition) is 6. The van der Waals surface area contributed by atoms with E-state index in [2.05, 4.69) is 10.2 Å². The van der Waals surface area contributed by atoms with Crippen LogP contribution < -0.4 is 15.3 Å². The van der Waals surface area contributed by atoms with Crippen molar-refractivity contribution in [1.29, 1.82) is 0 Å². The summed E-state index contributed by atoms with van der Waals surface area (Å²) in [5.74, 6) is -2.59. The van der Waals surface area contributed by atoms with Gasteiger partial charge in [0, 0.05) is 25.9 Å². The minimum absolute atomic E-state index is 0.0160. The second kappa shape index (κ2) is 9.54. The molecule has 1 aromatic rings. The summed E-state index contributed by atoms with van der Waals surface area (Å²) in [5, 5.41) is 18.6. The molecule has 0 atom stereocenters. The standard InChI is InChI=1S/C9H8O4.C6H14N2O2/c1-6(10)13-8-5-3-2-4-7(8)9(11)12;1-8(2,3)7-5-4-6(9)10/h2-5H,1H3,(H,11,12);7H,4-5H2,1-3H3. The monoisotopic (exact) mass is 326 g/mol. The quantitative estimate of drug-likeness (QED) is 0.317. The predicted octanol–water partition coefficient (Wildman–Crippen LogP) is -0.353. The largest absolute Gasteiger partial charge is 0.550 e.